The smallest absolute Gasteiger partial charge is 0.323 e. The van der Waals surface area contributed by atoms with Gasteiger partial charge in [-0.2, -0.15) is 0 Å². The van der Waals surface area contributed by atoms with Crippen LogP contribution in [-0.2, 0) is 0 Å². The highest BCUT2D eigenvalue weighted by molar-refractivity contribution is 5.90. The molecular formula is C21H22N6O2. The lowest BCUT2D eigenvalue weighted by atomic mass is 10.2. The molecule has 29 heavy (non-hydrogen) atoms. The van der Waals surface area contributed by atoms with Gasteiger partial charge < -0.3 is 14.9 Å². The van der Waals surface area contributed by atoms with Crippen molar-refractivity contribution in [3.05, 3.63) is 74.1 Å². The van der Waals surface area contributed by atoms with Gasteiger partial charge in [0.2, 0.25) is 0 Å². The molecule has 0 amide bonds. The Labute approximate surface area is 166 Å². The Bertz CT molecular complexity index is 1330. The predicted molar refractivity (Wildman–Crippen MR) is 116 cm³/mol. The van der Waals surface area contributed by atoms with Crippen molar-refractivity contribution in [2.75, 3.05) is 19.0 Å². The van der Waals surface area contributed by atoms with Crippen molar-refractivity contribution in [1.29, 1.82) is 0 Å². The van der Waals surface area contributed by atoms with Gasteiger partial charge in [0.1, 0.15) is 0 Å². The van der Waals surface area contributed by atoms with Gasteiger partial charge in [0, 0.05) is 26.0 Å². The van der Waals surface area contributed by atoms with E-state index in [-0.39, 0.29) is 11.2 Å². The van der Waals surface area contributed by atoms with Gasteiger partial charge in [-0.1, -0.05) is 17.7 Å². The maximum Gasteiger partial charge on any atom is 0.323 e. The fraction of sp³-hybridized carbons (Fsp3) is 0.190. The van der Waals surface area contributed by atoms with Gasteiger partial charge in [-0.25, -0.2) is 9.48 Å². The molecule has 3 N–H and O–H groups in total. The molecule has 8 heteroatoms. The lowest BCUT2D eigenvalue weighted by molar-refractivity contribution is 0.835. The molecule has 4 rings (SSSR count). The third-order valence-electron chi connectivity index (χ3n) is 4.83. The average Bonchev–Trinajstić information content (AvgIpc) is 3.17. The number of aromatic amines is 3. The molecule has 0 atom stereocenters. The van der Waals surface area contributed by atoms with Gasteiger partial charge in [0.25, 0.3) is 5.56 Å². The second-order valence-corrected chi connectivity index (χ2v) is 7.24. The van der Waals surface area contributed by atoms with Crippen LogP contribution >= 0.6 is 0 Å². The maximum atomic E-state index is 12.9. The Morgan fingerprint density at radius 3 is 2.31 bits per heavy atom. The molecule has 2 heterocycles. The van der Waals surface area contributed by atoms with Crippen LogP contribution in [0, 0.1) is 13.8 Å². The van der Waals surface area contributed by atoms with E-state index in [1.54, 1.807) is 12.3 Å². The Morgan fingerprint density at radius 1 is 1.00 bits per heavy atom. The molecule has 0 saturated carbocycles. The molecule has 2 aromatic heterocycles. The van der Waals surface area contributed by atoms with Crippen molar-refractivity contribution >= 4 is 28.6 Å². The van der Waals surface area contributed by atoms with Gasteiger partial charge in [0.05, 0.1) is 33.7 Å². The van der Waals surface area contributed by atoms with E-state index in [1.807, 2.05) is 63.2 Å². The van der Waals surface area contributed by atoms with Crippen molar-refractivity contribution < 1.29 is 0 Å². The zero-order valence-electron chi connectivity index (χ0n) is 16.7. The van der Waals surface area contributed by atoms with E-state index in [1.165, 1.54) is 4.68 Å². The molecule has 0 aliphatic rings. The number of aryl methyl sites for hydroxylation is 2. The first-order valence-electron chi connectivity index (χ1n) is 9.19. The number of nitrogens with zero attached hydrogens (tertiary/aromatic N) is 3. The first-order chi connectivity index (χ1) is 13.8. The number of fused-ring (bicyclic) bond motifs is 1. The van der Waals surface area contributed by atoms with Gasteiger partial charge >= 0.3 is 5.69 Å². The summed E-state index contributed by atoms with van der Waals surface area (Å²) in [7, 11) is 3.80. The quantitative estimate of drug-likeness (QED) is 0.467. The van der Waals surface area contributed by atoms with Crippen LogP contribution in [-0.4, -0.2) is 40.1 Å². The van der Waals surface area contributed by atoms with Gasteiger partial charge in [-0.3, -0.25) is 14.9 Å². The second-order valence-electron chi connectivity index (χ2n) is 7.24. The molecule has 0 radical (unpaired) electrons. The number of imidazole rings is 1. The molecule has 0 spiro atoms. The number of hydrogen-bond acceptors (Lipinski definition) is 4. The molecule has 8 nitrogen and oxygen atoms in total. The van der Waals surface area contributed by atoms with Crippen molar-refractivity contribution in [1.82, 2.24) is 19.7 Å². The SMILES string of the molecule is Cc1ccc(-n2[nH]c(C)c(C=Nc3cc4[nH]c(=O)[nH]c4cc3N(C)C)c2=O)cc1. The summed E-state index contributed by atoms with van der Waals surface area (Å²) in [4.78, 5) is 36.5. The normalized spacial score (nSPS) is 11.6. The van der Waals surface area contributed by atoms with Crippen LogP contribution in [0.25, 0.3) is 16.7 Å². The number of aromatic nitrogens is 4. The first kappa shape index (κ1) is 18.5. The molecule has 0 aliphatic carbocycles. The van der Waals surface area contributed by atoms with Crippen LogP contribution in [0.4, 0.5) is 11.4 Å². The fourth-order valence-corrected chi connectivity index (χ4v) is 3.24. The number of H-pyrrole nitrogens is 3. The summed E-state index contributed by atoms with van der Waals surface area (Å²) >= 11 is 0. The minimum atomic E-state index is -0.270. The minimum Gasteiger partial charge on any atom is -0.376 e. The van der Waals surface area contributed by atoms with E-state index >= 15 is 0 Å². The summed E-state index contributed by atoms with van der Waals surface area (Å²) in [5.41, 5.74) is 5.51. The van der Waals surface area contributed by atoms with Crippen LogP contribution in [0.1, 0.15) is 16.8 Å². The second kappa shape index (κ2) is 6.97. The van der Waals surface area contributed by atoms with E-state index in [4.69, 9.17) is 0 Å². The molecule has 4 aromatic rings. The van der Waals surface area contributed by atoms with Crippen molar-refractivity contribution in [3.63, 3.8) is 0 Å². The predicted octanol–water partition coefficient (Wildman–Crippen LogP) is 2.77. The van der Waals surface area contributed by atoms with E-state index in [9.17, 15) is 9.59 Å². The van der Waals surface area contributed by atoms with E-state index < -0.39 is 0 Å². The highest BCUT2D eigenvalue weighted by Crippen LogP contribution is 2.30. The topological polar surface area (TPSA) is 102 Å². The molecule has 0 aliphatic heterocycles. The Balaban J connectivity index is 1.78. The summed E-state index contributed by atoms with van der Waals surface area (Å²) in [6, 6.07) is 11.4. The number of hydrogen-bond donors (Lipinski definition) is 3. The number of nitrogens with one attached hydrogen (secondary N) is 3. The highest BCUT2D eigenvalue weighted by atomic mass is 16.1. The van der Waals surface area contributed by atoms with Crippen LogP contribution in [0.2, 0.25) is 0 Å². The molecular weight excluding hydrogens is 368 g/mol. The Hall–Kier alpha value is -3.81. The standard InChI is InChI=1S/C21H22N6O2/c1-12-5-7-14(8-6-12)27-20(28)15(13(2)25-27)11-22-18-9-16-17(24-21(29)23-16)10-19(18)26(3)4/h5-11,25H,1-4H3,(H2,23,24,29). The van der Waals surface area contributed by atoms with Crippen LogP contribution < -0.4 is 16.1 Å². The Morgan fingerprint density at radius 2 is 1.66 bits per heavy atom. The third kappa shape index (κ3) is 3.40. The first-order valence-corrected chi connectivity index (χ1v) is 9.19. The lowest BCUT2D eigenvalue weighted by Gasteiger charge is -2.15. The molecule has 2 aromatic carbocycles. The van der Waals surface area contributed by atoms with Gasteiger partial charge in [-0.15, -0.1) is 0 Å². The molecule has 148 valence electrons. The van der Waals surface area contributed by atoms with Crippen molar-refractivity contribution in [3.8, 4) is 5.69 Å². The highest BCUT2D eigenvalue weighted by Gasteiger charge is 2.12. The number of rotatable bonds is 4. The van der Waals surface area contributed by atoms with Crippen molar-refractivity contribution in [2.24, 2.45) is 4.99 Å². The summed E-state index contributed by atoms with van der Waals surface area (Å²) in [5, 5.41) is 3.11. The fourth-order valence-electron chi connectivity index (χ4n) is 3.24. The summed E-state index contributed by atoms with van der Waals surface area (Å²) < 4.78 is 1.51. The number of benzene rings is 2. The summed E-state index contributed by atoms with van der Waals surface area (Å²) in [6.07, 6.45) is 1.57. The third-order valence-corrected chi connectivity index (χ3v) is 4.83. The van der Waals surface area contributed by atoms with Gasteiger partial charge in [-0.05, 0) is 38.1 Å². The minimum absolute atomic E-state index is 0.169. The van der Waals surface area contributed by atoms with E-state index in [0.717, 1.165) is 22.6 Å². The molecule has 0 unspecified atom stereocenters. The van der Waals surface area contributed by atoms with Crippen LogP contribution in [0.5, 0.6) is 0 Å². The average molecular weight is 390 g/mol. The van der Waals surface area contributed by atoms with Crippen molar-refractivity contribution in [2.45, 2.75) is 13.8 Å². The molecule has 0 fully saturated rings. The maximum absolute atomic E-state index is 12.9. The number of anilines is 1. The zero-order chi connectivity index (χ0) is 20.7. The molecule has 0 saturated heterocycles. The van der Waals surface area contributed by atoms with E-state index in [0.29, 0.717) is 22.3 Å². The van der Waals surface area contributed by atoms with Crippen LogP contribution in [0.3, 0.4) is 0 Å². The van der Waals surface area contributed by atoms with Crippen LogP contribution in [0.15, 0.2) is 51.0 Å². The largest absolute Gasteiger partial charge is 0.376 e. The lowest BCUT2D eigenvalue weighted by Crippen LogP contribution is -2.17. The van der Waals surface area contributed by atoms with Gasteiger partial charge in [0.15, 0.2) is 0 Å². The molecule has 0 bridgehead atoms. The monoisotopic (exact) mass is 390 g/mol. The summed E-state index contributed by atoms with van der Waals surface area (Å²) in [6.45, 7) is 3.84. The summed E-state index contributed by atoms with van der Waals surface area (Å²) in [5.74, 6) is 0. The Kier molecular flexibility index (Phi) is 4.46. The number of aliphatic imine (C=N–C) groups is 1. The van der Waals surface area contributed by atoms with E-state index in [2.05, 4.69) is 20.1 Å². The zero-order valence-corrected chi connectivity index (χ0v) is 16.7.